The average molecular weight is 443 g/mol. The van der Waals surface area contributed by atoms with Gasteiger partial charge >= 0.3 is 6.09 Å². The van der Waals surface area contributed by atoms with E-state index in [1.165, 1.54) is 16.7 Å². The van der Waals surface area contributed by atoms with Crippen LogP contribution >= 0.6 is 0 Å². The van der Waals surface area contributed by atoms with Gasteiger partial charge in [-0.3, -0.25) is 4.79 Å². The monoisotopic (exact) mass is 442 g/mol. The van der Waals surface area contributed by atoms with Crippen LogP contribution in [-0.2, 0) is 6.42 Å². The number of hydrogen-bond donors (Lipinski definition) is 2. The van der Waals surface area contributed by atoms with Crippen molar-refractivity contribution in [1.29, 1.82) is 0 Å². The number of carboxylic acid groups (broad SMARTS) is 1. The summed E-state index contributed by atoms with van der Waals surface area (Å²) in [5, 5.41) is 14.7. The molecule has 2 aliphatic rings. The number of benzene rings is 3. The zero-order valence-electron chi connectivity index (χ0n) is 19.4. The Hall–Kier alpha value is -3.34. The molecule has 0 saturated carbocycles. The van der Waals surface area contributed by atoms with E-state index in [9.17, 15) is 14.7 Å². The maximum atomic E-state index is 12.2. The Kier molecular flexibility index (Phi) is 5.15. The standard InChI is InChI=1S/C28H30N2O3/c1-28(2,3)24-16-19(13-14-30(24)27(32)33)18-9-7-17(8-10-18)15-20-11-12-23-25-21(20)5-4-6-22(25)26(31)29-23/h4-12,19,24H,13-16H2,1-3H3,(H,29,31)(H,32,33). The van der Waals surface area contributed by atoms with Gasteiger partial charge in [0.2, 0.25) is 0 Å². The minimum atomic E-state index is -0.814. The predicted octanol–water partition coefficient (Wildman–Crippen LogP) is 6.27. The Labute approximate surface area is 194 Å². The number of piperidine rings is 1. The molecule has 33 heavy (non-hydrogen) atoms. The van der Waals surface area contributed by atoms with Gasteiger partial charge in [-0.25, -0.2) is 4.79 Å². The lowest BCUT2D eigenvalue weighted by molar-refractivity contribution is 0.0526. The van der Waals surface area contributed by atoms with Crippen LogP contribution in [0, 0.1) is 5.41 Å². The average Bonchev–Trinajstić information content (AvgIpc) is 3.12. The van der Waals surface area contributed by atoms with E-state index in [0.29, 0.717) is 12.5 Å². The largest absolute Gasteiger partial charge is 0.465 e. The smallest absolute Gasteiger partial charge is 0.407 e. The summed E-state index contributed by atoms with van der Waals surface area (Å²) < 4.78 is 0. The van der Waals surface area contributed by atoms with Crippen LogP contribution < -0.4 is 5.32 Å². The number of nitrogens with one attached hydrogen (secondary N) is 1. The first-order valence-electron chi connectivity index (χ1n) is 11.7. The number of nitrogens with zero attached hydrogens (tertiary/aromatic N) is 1. The fourth-order valence-electron chi connectivity index (χ4n) is 5.55. The molecule has 5 rings (SSSR count). The molecule has 3 aromatic rings. The molecule has 2 heterocycles. The summed E-state index contributed by atoms with van der Waals surface area (Å²) >= 11 is 0. The molecule has 5 heteroatoms. The van der Waals surface area contributed by atoms with Gasteiger partial charge in [-0.1, -0.05) is 63.2 Å². The van der Waals surface area contributed by atoms with E-state index in [-0.39, 0.29) is 17.4 Å². The van der Waals surface area contributed by atoms with Crippen molar-refractivity contribution in [2.75, 3.05) is 11.9 Å². The number of amides is 2. The molecule has 5 nitrogen and oxygen atoms in total. The maximum absolute atomic E-state index is 12.2. The second kappa shape index (κ2) is 7.91. The number of rotatable bonds is 3. The predicted molar refractivity (Wildman–Crippen MR) is 131 cm³/mol. The van der Waals surface area contributed by atoms with Crippen LogP contribution in [0.3, 0.4) is 0 Å². The van der Waals surface area contributed by atoms with Crippen molar-refractivity contribution in [2.24, 2.45) is 5.41 Å². The Balaban J connectivity index is 1.37. The molecule has 0 radical (unpaired) electrons. The third-order valence-corrected chi connectivity index (χ3v) is 7.32. The molecule has 0 bridgehead atoms. The molecule has 3 aromatic carbocycles. The molecule has 0 aliphatic carbocycles. The Morgan fingerprint density at radius 1 is 1.09 bits per heavy atom. The maximum Gasteiger partial charge on any atom is 0.407 e. The SMILES string of the molecule is CC(C)(C)C1CC(c2ccc(Cc3ccc4c5c(cccc35)C(=O)N4)cc2)CCN1C(=O)O. The van der Waals surface area contributed by atoms with E-state index in [0.717, 1.165) is 41.3 Å². The van der Waals surface area contributed by atoms with E-state index < -0.39 is 6.09 Å². The normalized spacial score (nSPS) is 20.2. The summed E-state index contributed by atoms with van der Waals surface area (Å²) in [6.07, 6.45) is 1.70. The first-order valence-corrected chi connectivity index (χ1v) is 11.7. The number of carbonyl (C=O) groups excluding carboxylic acids is 1. The van der Waals surface area contributed by atoms with Gasteiger partial charge in [0.1, 0.15) is 0 Å². The van der Waals surface area contributed by atoms with Crippen LogP contribution in [0.2, 0.25) is 0 Å². The van der Waals surface area contributed by atoms with Crippen LogP contribution in [0.25, 0.3) is 10.8 Å². The zero-order chi connectivity index (χ0) is 23.3. The highest BCUT2D eigenvalue weighted by molar-refractivity contribution is 6.24. The number of hydrogen-bond acceptors (Lipinski definition) is 2. The van der Waals surface area contributed by atoms with Crippen molar-refractivity contribution in [2.45, 2.75) is 52.0 Å². The summed E-state index contributed by atoms with van der Waals surface area (Å²) in [4.78, 5) is 25.6. The molecule has 2 unspecified atom stereocenters. The van der Waals surface area contributed by atoms with Gasteiger partial charge in [0.15, 0.2) is 0 Å². The molecule has 1 saturated heterocycles. The number of likely N-dealkylation sites (tertiary alicyclic amines) is 1. The van der Waals surface area contributed by atoms with Crippen molar-refractivity contribution in [3.8, 4) is 0 Å². The molecule has 2 amide bonds. The fourth-order valence-corrected chi connectivity index (χ4v) is 5.55. The van der Waals surface area contributed by atoms with Crippen LogP contribution in [0.4, 0.5) is 10.5 Å². The van der Waals surface area contributed by atoms with Gasteiger partial charge < -0.3 is 15.3 Å². The molecule has 1 fully saturated rings. The van der Waals surface area contributed by atoms with Gasteiger partial charge in [-0.2, -0.15) is 0 Å². The van der Waals surface area contributed by atoms with Crippen LogP contribution in [0.1, 0.15) is 66.6 Å². The molecule has 2 N–H and O–H groups in total. The number of anilines is 1. The van der Waals surface area contributed by atoms with E-state index >= 15 is 0 Å². The third kappa shape index (κ3) is 3.86. The topological polar surface area (TPSA) is 69.6 Å². The lowest BCUT2D eigenvalue weighted by atomic mass is 9.75. The Morgan fingerprint density at radius 3 is 2.55 bits per heavy atom. The first-order chi connectivity index (χ1) is 15.7. The highest BCUT2D eigenvalue weighted by Crippen LogP contribution is 2.39. The summed E-state index contributed by atoms with van der Waals surface area (Å²) in [7, 11) is 0. The van der Waals surface area contributed by atoms with E-state index in [1.54, 1.807) is 4.90 Å². The molecule has 2 aliphatic heterocycles. The van der Waals surface area contributed by atoms with E-state index in [1.807, 2.05) is 18.2 Å². The van der Waals surface area contributed by atoms with Crippen LogP contribution in [0.15, 0.2) is 54.6 Å². The second-order valence-corrected chi connectivity index (χ2v) is 10.5. The van der Waals surface area contributed by atoms with Crippen molar-refractivity contribution < 1.29 is 14.7 Å². The molecular weight excluding hydrogens is 412 g/mol. The number of carbonyl (C=O) groups is 2. The molecule has 0 spiro atoms. The third-order valence-electron chi connectivity index (χ3n) is 7.32. The van der Waals surface area contributed by atoms with E-state index in [4.69, 9.17) is 0 Å². The van der Waals surface area contributed by atoms with Gasteiger partial charge in [0.05, 0.1) is 0 Å². The van der Waals surface area contributed by atoms with Gasteiger partial charge in [0.25, 0.3) is 5.91 Å². The van der Waals surface area contributed by atoms with E-state index in [2.05, 4.69) is 62.5 Å². The molecule has 2 atom stereocenters. The zero-order valence-corrected chi connectivity index (χ0v) is 19.4. The van der Waals surface area contributed by atoms with Crippen molar-refractivity contribution in [3.63, 3.8) is 0 Å². The lowest BCUT2D eigenvalue weighted by Crippen LogP contribution is -2.51. The van der Waals surface area contributed by atoms with Crippen molar-refractivity contribution >= 4 is 28.5 Å². The summed E-state index contributed by atoms with van der Waals surface area (Å²) in [6, 6.07) is 18.9. The Morgan fingerprint density at radius 2 is 1.85 bits per heavy atom. The molecule has 0 aromatic heterocycles. The van der Waals surface area contributed by atoms with Gasteiger partial charge in [-0.15, -0.1) is 0 Å². The minimum Gasteiger partial charge on any atom is -0.465 e. The fraction of sp³-hybridized carbons (Fsp3) is 0.357. The summed E-state index contributed by atoms with van der Waals surface area (Å²) in [5.74, 6) is 0.340. The van der Waals surface area contributed by atoms with Crippen molar-refractivity contribution in [3.05, 3.63) is 76.9 Å². The summed E-state index contributed by atoms with van der Waals surface area (Å²) in [6.45, 7) is 6.96. The summed E-state index contributed by atoms with van der Waals surface area (Å²) in [5.41, 5.74) is 5.28. The quantitative estimate of drug-likeness (QED) is 0.502. The minimum absolute atomic E-state index is 0.0123. The Bertz CT molecular complexity index is 1240. The highest BCUT2D eigenvalue weighted by atomic mass is 16.4. The lowest BCUT2D eigenvalue weighted by Gasteiger charge is -2.44. The first kappa shape index (κ1) is 21.5. The highest BCUT2D eigenvalue weighted by Gasteiger charge is 2.39. The van der Waals surface area contributed by atoms with Gasteiger partial charge in [0, 0.05) is 29.2 Å². The molecule has 170 valence electrons. The van der Waals surface area contributed by atoms with Crippen molar-refractivity contribution in [1.82, 2.24) is 4.90 Å². The van der Waals surface area contributed by atoms with Crippen LogP contribution in [0.5, 0.6) is 0 Å². The van der Waals surface area contributed by atoms with Gasteiger partial charge in [-0.05, 0) is 64.8 Å². The van der Waals surface area contributed by atoms with Crippen LogP contribution in [-0.4, -0.2) is 34.6 Å². The second-order valence-electron chi connectivity index (χ2n) is 10.5. The molecular formula is C28H30N2O3.